The van der Waals surface area contributed by atoms with Crippen LogP contribution in [0.15, 0.2) is 18.6 Å². The summed E-state index contributed by atoms with van der Waals surface area (Å²) in [7, 11) is 0. The molecule has 0 radical (unpaired) electrons. The molecule has 1 aliphatic carbocycles. The Morgan fingerprint density at radius 2 is 2.33 bits per heavy atom. The van der Waals surface area contributed by atoms with Crippen molar-refractivity contribution in [3.63, 3.8) is 0 Å². The van der Waals surface area contributed by atoms with E-state index >= 15 is 0 Å². The molecule has 12 heavy (non-hydrogen) atoms. The maximum atomic E-state index is 9.63. The molecule has 1 atom stereocenters. The molecule has 1 heterocycles. The van der Waals surface area contributed by atoms with Crippen LogP contribution in [0.5, 0.6) is 0 Å². The summed E-state index contributed by atoms with van der Waals surface area (Å²) in [4.78, 5) is 7.96. The third-order valence-electron chi connectivity index (χ3n) is 2.18. The standard InChI is InChI=1S/C9H12N2O/c12-9(5-7-1-2-7)8-6-10-3-4-11-8/h3-4,6-7,9,12H,1-2,5H2. The number of nitrogens with zero attached hydrogens (tertiary/aromatic N) is 2. The molecule has 0 aromatic carbocycles. The first-order chi connectivity index (χ1) is 5.86. The molecule has 1 aromatic rings. The van der Waals surface area contributed by atoms with E-state index < -0.39 is 6.10 Å². The van der Waals surface area contributed by atoms with Crippen molar-refractivity contribution < 1.29 is 5.11 Å². The normalized spacial score (nSPS) is 19.1. The Morgan fingerprint density at radius 3 is 2.92 bits per heavy atom. The van der Waals surface area contributed by atoms with Crippen molar-refractivity contribution in [1.29, 1.82) is 0 Å². The van der Waals surface area contributed by atoms with Crippen LogP contribution in [0.1, 0.15) is 31.1 Å². The average molecular weight is 164 g/mol. The number of hydrogen-bond acceptors (Lipinski definition) is 3. The van der Waals surface area contributed by atoms with Crippen molar-refractivity contribution in [2.24, 2.45) is 5.92 Å². The van der Waals surface area contributed by atoms with E-state index in [0.717, 1.165) is 12.3 Å². The summed E-state index contributed by atoms with van der Waals surface area (Å²) in [5, 5.41) is 9.63. The lowest BCUT2D eigenvalue weighted by Gasteiger charge is -2.07. The van der Waals surface area contributed by atoms with Gasteiger partial charge in [0.15, 0.2) is 0 Å². The highest BCUT2D eigenvalue weighted by atomic mass is 16.3. The number of aromatic nitrogens is 2. The van der Waals surface area contributed by atoms with Gasteiger partial charge in [-0.3, -0.25) is 9.97 Å². The topological polar surface area (TPSA) is 46.0 Å². The molecule has 0 saturated heterocycles. The van der Waals surface area contributed by atoms with Gasteiger partial charge in [0.25, 0.3) is 0 Å². The van der Waals surface area contributed by atoms with Crippen LogP contribution in [0.4, 0.5) is 0 Å². The minimum absolute atomic E-state index is 0.411. The summed E-state index contributed by atoms with van der Waals surface area (Å²) in [6, 6.07) is 0. The van der Waals surface area contributed by atoms with Gasteiger partial charge in [-0.05, 0) is 12.3 Å². The molecule has 1 fully saturated rings. The van der Waals surface area contributed by atoms with Crippen LogP contribution in [-0.4, -0.2) is 15.1 Å². The van der Waals surface area contributed by atoms with E-state index in [0.29, 0.717) is 5.69 Å². The van der Waals surface area contributed by atoms with Gasteiger partial charge < -0.3 is 5.11 Å². The number of aliphatic hydroxyl groups excluding tert-OH is 1. The molecule has 64 valence electrons. The van der Waals surface area contributed by atoms with Gasteiger partial charge in [0.2, 0.25) is 0 Å². The second kappa shape index (κ2) is 3.19. The summed E-state index contributed by atoms with van der Waals surface area (Å²) < 4.78 is 0. The fraction of sp³-hybridized carbons (Fsp3) is 0.556. The Morgan fingerprint density at radius 1 is 1.50 bits per heavy atom. The van der Waals surface area contributed by atoms with Crippen LogP contribution in [-0.2, 0) is 0 Å². The fourth-order valence-electron chi connectivity index (χ4n) is 1.27. The lowest BCUT2D eigenvalue weighted by Crippen LogP contribution is -2.01. The zero-order valence-electron chi connectivity index (χ0n) is 6.85. The second-order valence-electron chi connectivity index (χ2n) is 3.33. The Bertz CT molecular complexity index is 246. The monoisotopic (exact) mass is 164 g/mol. The molecule has 1 unspecified atom stereocenters. The molecule has 3 nitrogen and oxygen atoms in total. The van der Waals surface area contributed by atoms with Gasteiger partial charge in [-0.25, -0.2) is 0 Å². The summed E-state index contributed by atoms with van der Waals surface area (Å²) in [5.74, 6) is 0.724. The smallest absolute Gasteiger partial charge is 0.0978 e. The zero-order chi connectivity index (χ0) is 8.39. The lowest BCUT2D eigenvalue weighted by molar-refractivity contribution is 0.155. The fourth-order valence-corrected chi connectivity index (χ4v) is 1.27. The van der Waals surface area contributed by atoms with Gasteiger partial charge in [0.1, 0.15) is 0 Å². The van der Waals surface area contributed by atoms with Crippen LogP contribution in [0.3, 0.4) is 0 Å². The SMILES string of the molecule is OC(CC1CC1)c1cnccn1. The summed E-state index contributed by atoms with van der Waals surface area (Å²) in [5.41, 5.74) is 0.699. The van der Waals surface area contributed by atoms with E-state index in [1.54, 1.807) is 18.6 Å². The minimum atomic E-state index is -0.411. The predicted molar refractivity (Wildman–Crippen MR) is 44.3 cm³/mol. The Hall–Kier alpha value is -0.960. The first kappa shape index (κ1) is 7.68. The Kier molecular flexibility index (Phi) is 2.04. The summed E-state index contributed by atoms with van der Waals surface area (Å²) in [6.45, 7) is 0. The summed E-state index contributed by atoms with van der Waals surface area (Å²) >= 11 is 0. The van der Waals surface area contributed by atoms with Crippen LogP contribution in [0, 0.1) is 5.92 Å². The highest BCUT2D eigenvalue weighted by Crippen LogP contribution is 2.36. The van der Waals surface area contributed by atoms with Crippen molar-refractivity contribution in [3.05, 3.63) is 24.3 Å². The van der Waals surface area contributed by atoms with Crippen molar-refractivity contribution >= 4 is 0 Å². The minimum Gasteiger partial charge on any atom is -0.387 e. The number of aliphatic hydroxyl groups is 1. The van der Waals surface area contributed by atoms with E-state index in [2.05, 4.69) is 9.97 Å². The van der Waals surface area contributed by atoms with Crippen LogP contribution >= 0.6 is 0 Å². The molecular formula is C9H12N2O. The van der Waals surface area contributed by atoms with Crippen molar-refractivity contribution in [1.82, 2.24) is 9.97 Å². The van der Waals surface area contributed by atoms with E-state index in [1.165, 1.54) is 12.8 Å². The van der Waals surface area contributed by atoms with Crippen LogP contribution in [0.25, 0.3) is 0 Å². The number of hydrogen-bond donors (Lipinski definition) is 1. The zero-order valence-corrected chi connectivity index (χ0v) is 6.85. The third kappa shape index (κ3) is 1.80. The maximum Gasteiger partial charge on any atom is 0.0978 e. The quantitative estimate of drug-likeness (QED) is 0.732. The second-order valence-corrected chi connectivity index (χ2v) is 3.33. The van der Waals surface area contributed by atoms with Gasteiger partial charge in [-0.15, -0.1) is 0 Å². The van der Waals surface area contributed by atoms with Gasteiger partial charge >= 0.3 is 0 Å². The van der Waals surface area contributed by atoms with Gasteiger partial charge in [-0.2, -0.15) is 0 Å². The Balaban J connectivity index is 1.98. The molecule has 2 rings (SSSR count). The molecule has 0 aliphatic heterocycles. The molecule has 0 spiro atoms. The van der Waals surface area contributed by atoms with E-state index in [9.17, 15) is 5.11 Å². The number of rotatable bonds is 3. The highest BCUT2D eigenvalue weighted by Gasteiger charge is 2.25. The average Bonchev–Trinajstić information content (AvgIpc) is 2.90. The van der Waals surface area contributed by atoms with E-state index in [4.69, 9.17) is 0 Å². The predicted octanol–water partition coefficient (Wildman–Crippen LogP) is 1.31. The molecule has 1 N–H and O–H groups in total. The Labute approximate surface area is 71.5 Å². The van der Waals surface area contributed by atoms with E-state index in [1.807, 2.05) is 0 Å². The van der Waals surface area contributed by atoms with Gasteiger partial charge in [-0.1, -0.05) is 12.8 Å². The largest absolute Gasteiger partial charge is 0.387 e. The molecule has 1 saturated carbocycles. The van der Waals surface area contributed by atoms with Gasteiger partial charge in [0.05, 0.1) is 18.0 Å². The molecule has 1 aliphatic rings. The third-order valence-corrected chi connectivity index (χ3v) is 2.18. The molecule has 1 aromatic heterocycles. The molecule has 0 bridgehead atoms. The first-order valence-electron chi connectivity index (χ1n) is 4.30. The van der Waals surface area contributed by atoms with Crippen LogP contribution < -0.4 is 0 Å². The molecule has 3 heteroatoms. The molecule has 0 amide bonds. The van der Waals surface area contributed by atoms with E-state index in [-0.39, 0.29) is 0 Å². The lowest BCUT2D eigenvalue weighted by atomic mass is 10.1. The van der Waals surface area contributed by atoms with Crippen molar-refractivity contribution in [2.45, 2.75) is 25.4 Å². The van der Waals surface area contributed by atoms with Crippen LogP contribution in [0.2, 0.25) is 0 Å². The van der Waals surface area contributed by atoms with Crippen molar-refractivity contribution in [3.8, 4) is 0 Å². The summed E-state index contributed by atoms with van der Waals surface area (Å²) in [6.07, 6.45) is 7.82. The molecular weight excluding hydrogens is 152 g/mol. The first-order valence-corrected chi connectivity index (χ1v) is 4.30. The van der Waals surface area contributed by atoms with Gasteiger partial charge in [0, 0.05) is 12.4 Å². The highest BCUT2D eigenvalue weighted by molar-refractivity contribution is 5.00. The maximum absolute atomic E-state index is 9.63. The van der Waals surface area contributed by atoms with Crippen molar-refractivity contribution in [2.75, 3.05) is 0 Å².